The fourth-order valence-electron chi connectivity index (χ4n) is 3.56. The molecule has 0 fully saturated rings. The van der Waals surface area contributed by atoms with Gasteiger partial charge in [-0.25, -0.2) is 0 Å². The fraction of sp³-hybridized carbons (Fsp3) is 0.115. The van der Waals surface area contributed by atoms with Crippen molar-refractivity contribution in [1.29, 1.82) is 0 Å². The van der Waals surface area contributed by atoms with E-state index >= 15 is 0 Å². The van der Waals surface area contributed by atoms with Crippen LogP contribution >= 0.6 is 0 Å². The first-order valence-electron chi connectivity index (χ1n) is 10.0. The van der Waals surface area contributed by atoms with Gasteiger partial charge in [0.15, 0.2) is 11.6 Å². The average molecular weight is 411 g/mol. The van der Waals surface area contributed by atoms with Gasteiger partial charge in [-0.3, -0.25) is 14.4 Å². The van der Waals surface area contributed by atoms with Crippen LogP contribution < -0.4 is 10.1 Å². The Hall–Kier alpha value is -3.99. The average Bonchev–Trinajstić information content (AvgIpc) is 2.76. The lowest BCUT2D eigenvalue weighted by Crippen LogP contribution is -2.23. The Bertz CT molecular complexity index is 1220. The van der Waals surface area contributed by atoms with E-state index in [1.54, 1.807) is 48.5 Å². The molecule has 0 bridgehead atoms. The summed E-state index contributed by atoms with van der Waals surface area (Å²) < 4.78 is 5.67. The number of nitrogens with one attached hydrogen (secondary N) is 1. The largest absolute Gasteiger partial charge is 0.491 e. The zero-order valence-corrected chi connectivity index (χ0v) is 17.2. The highest BCUT2D eigenvalue weighted by Gasteiger charge is 2.31. The molecule has 3 aromatic rings. The minimum atomic E-state index is -0.400. The molecule has 0 saturated carbocycles. The number of benzene rings is 3. The summed E-state index contributed by atoms with van der Waals surface area (Å²) in [5.41, 5.74) is 2.37. The molecule has 1 N–H and O–H groups in total. The van der Waals surface area contributed by atoms with Crippen molar-refractivity contribution in [2.45, 2.75) is 20.0 Å². The Kier molecular flexibility index (Phi) is 5.50. The lowest BCUT2D eigenvalue weighted by atomic mass is 9.83. The molecular weight excluding hydrogens is 390 g/mol. The predicted molar refractivity (Wildman–Crippen MR) is 120 cm³/mol. The summed E-state index contributed by atoms with van der Waals surface area (Å²) in [6.07, 6.45) is 3.11. The topological polar surface area (TPSA) is 72.5 Å². The van der Waals surface area contributed by atoms with E-state index in [9.17, 15) is 14.4 Å². The second kappa shape index (κ2) is 8.40. The van der Waals surface area contributed by atoms with Gasteiger partial charge >= 0.3 is 0 Å². The lowest BCUT2D eigenvalue weighted by Gasteiger charge is -2.20. The van der Waals surface area contributed by atoms with Crippen LogP contribution in [0.5, 0.6) is 5.75 Å². The quantitative estimate of drug-likeness (QED) is 0.474. The summed E-state index contributed by atoms with van der Waals surface area (Å²) in [4.78, 5) is 38.4. The standard InChI is InChI=1S/C26H21NO4/c1-16(2)31-18-8-5-7-17(15-18)13-14-23(28)27-22-12-6-11-21-24(22)26(30)20-10-4-3-9-19(20)25(21)29/h3-16H,1-2H3,(H,27,28)/b14-13+. The fourth-order valence-corrected chi connectivity index (χ4v) is 3.56. The molecule has 0 atom stereocenters. The highest BCUT2D eigenvalue weighted by atomic mass is 16.5. The number of hydrogen-bond acceptors (Lipinski definition) is 4. The molecule has 154 valence electrons. The highest BCUT2D eigenvalue weighted by molar-refractivity contribution is 6.30. The molecule has 5 heteroatoms. The van der Waals surface area contributed by atoms with Gasteiger partial charge < -0.3 is 10.1 Å². The minimum Gasteiger partial charge on any atom is -0.491 e. The Morgan fingerprint density at radius 2 is 1.55 bits per heavy atom. The van der Waals surface area contributed by atoms with Gasteiger partial charge in [0, 0.05) is 22.8 Å². The number of rotatable bonds is 5. The molecule has 31 heavy (non-hydrogen) atoms. The lowest BCUT2D eigenvalue weighted by molar-refractivity contribution is -0.111. The van der Waals surface area contributed by atoms with E-state index in [-0.39, 0.29) is 23.2 Å². The molecule has 0 saturated heterocycles. The molecule has 4 rings (SSSR count). The zero-order chi connectivity index (χ0) is 22.0. The zero-order valence-electron chi connectivity index (χ0n) is 17.2. The van der Waals surface area contributed by atoms with Crippen molar-refractivity contribution < 1.29 is 19.1 Å². The third-order valence-corrected chi connectivity index (χ3v) is 4.87. The number of carbonyl (C=O) groups is 3. The van der Waals surface area contributed by atoms with Crippen LogP contribution in [0, 0.1) is 0 Å². The van der Waals surface area contributed by atoms with Crippen molar-refractivity contribution in [3.8, 4) is 5.75 Å². The van der Waals surface area contributed by atoms with Gasteiger partial charge in [-0.15, -0.1) is 0 Å². The molecule has 1 amide bonds. The van der Waals surface area contributed by atoms with Gasteiger partial charge in [0.1, 0.15) is 5.75 Å². The van der Waals surface area contributed by atoms with Crippen LogP contribution in [0.2, 0.25) is 0 Å². The Labute approximate surface area is 180 Å². The molecule has 0 unspecified atom stereocenters. The van der Waals surface area contributed by atoms with E-state index < -0.39 is 5.91 Å². The summed E-state index contributed by atoms with van der Waals surface area (Å²) in [5.74, 6) is -0.178. The summed E-state index contributed by atoms with van der Waals surface area (Å²) in [5, 5.41) is 2.74. The summed E-state index contributed by atoms with van der Waals surface area (Å²) in [6, 6.07) is 19.0. The SMILES string of the molecule is CC(C)Oc1cccc(/C=C/C(=O)Nc2cccc3c2C(=O)c2ccccc2C3=O)c1. The summed E-state index contributed by atoms with van der Waals surface area (Å²) >= 11 is 0. The molecule has 3 aromatic carbocycles. The number of carbonyl (C=O) groups excluding carboxylic acids is 3. The number of amides is 1. The monoisotopic (exact) mass is 411 g/mol. The first-order chi connectivity index (χ1) is 14.9. The van der Waals surface area contributed by atoms with Crippen LogP contribution in [0.15, 0.2) is 72.8 Å². The third kappa shape index (κ3) is 4.16. The van der Waals surface area contributed by atoms with Crippen molar-refractivity contribution >= 4 is 29.2 Å². The molecule has 1 aliphatic rings. The maximum absolute atomic E-state index is 13.0. The smallest absolute Gasteiger partial charge is 0.248 e. The Morgan fingerprint density at radius 1 is 0.871 bits per heavy atom. The highest BCUT2D eigenvalue weighted by Crippen LogP contribution is 2.32. The first-order valence-corrected chi connectivity index (χ1v) is 10.0. The normalized spacial score (nSPS) is 12.6. The molecule has 5 nitrogen and oxygen atoms in total. The first kappa shape index (κ1) is 20.3. The predicted octanol–water partition coefficient (Wildman–Crippen LogP) is 4.90. The van der Waals surface area contributed by atoms with Crippen LogP contribution in [-0.2, 0) is 4.79 Å². The number of hydrogen-bond donors (Lipinski definition) is 1. The maximum atomic E-state index is 13.0. The van der Waals surface area contributed by atoms with Gasteiger partial charge in [0.05, 0.1) is 17.4 Å². The maximum Gasteiger partial charge on any atom is 0.248 e. The minimum absolute atomic E-state index is 0.0529. The van der Waals surface area contributed by atoms with Gasteiger partial charge in [-0.2, -0.15) is 0 Å². The van der Waals surface area contributed by atoms with Gasteiger partial charge in [0.25, 0.3) is 0 Å². The molecule has 0 aliphatic heterocycles. The van der Waals surface area contributed by atoms with E-state index in [1.165, 1.54) is 6.08 Å². The van der Waals surface area contributed by atoms with Crippen molar-refractivity contribution in [3.63, 3.8) is 0 Å². The molecule has 0 radical (unpaired) electrons. The second-order valence-electron chi connectivity index (χ2n) is 7.49. The molecule has 1 aliphatic carbocycles. The molecule has 0 heterocycles. The Morgan fingerprint density at radius 3 is 2.29 bits per heavy atom. The number of fused-ring (bicyclic) bond motifs is 2. The van der Waals surface area contributed by atoms with E-state index in [2.05, 4.69) is 5.32 Å². The van der Waals surface area contributed by atoms with Crippen LogP contribution in [0.4, 0.5) is 5.69 Å². The van der Waals surface area contributed by atoms with E-state index in [4.69, 9.17) is 4.74 Å². The van der Waals surface area contributed by atoms with E-state index in [1.807, 2.05) is 38.1 Å². The summed E-state index contributed by atoms with van der Waals surface area (Å²) in [6.45, 7) is 3.89. The van der Waals surface area contributed by atoms with Crippen LogP contribution in [0.3, 0.4) is 0 Å². The van der Waals surface area contributed by atoms with Crippen LogP contribution in [0.1, 0.15) is 51.3 Å². The third-order valence-electron chi connectivity index (χ3n) is 4.87. The number of ketones is 2. The molecule has 0 spiro atoms. The summed E-state index contributed by atoms with van der Waals surface area (Å²) in [7, 11) is 0. The van der Waals surface area contributed by atoms with Gasteiger partial charge in [-0.1, -0.05) is 48.5 Å². The van der Waals surface area contributed by atoms with E-state index in [0.29, 0.717) is 22.4 Å². The van der Waals surface area contributed by atoms with Crippen LogP contribution in [-0.4, -0.2) is 23.6 Å². The van der Waals surface area contributed by atoms with Crippen molar-refractivity contribution in [2.24, 2.45) is 0 Å². The number of anilines is 1. The number of ether oxygens (including phenoxy) is 1. The van der Waals surface area contributed by atoms with Gasteiger partial charge in [0.2, 0.25) is 5.91 Å². The molecule has 0 aromatic heterocycles. The van der Waals surface area contributed by atoms with Crippen LogP contribution in [0.25, 0.3) is 6.08 Å². The van der Waals surface area contributed by atoms with Gasteiger partial charge in [-0.05, 0) is 43.7 Å². The Balaban J connectivity index is 1.57. The molecular formula is C26H21NO4. The van der Waals surface area contributed by atoms with E-state index in [0.717, 1.165) is 11.3 Å². The second-order valence-corrected chi connectivity index (χ2v) is 7.49. The van der Waals surface area contributed by atoms with Crippen molar-refractivity contribution in [3.05, 3.63) is 101 Å². The van der Waals surface area contributed by atoms with Crippen molar-refractivity contribution in [1.82, 2.24) is 0 Å². The van der Waals surface area contributed by atoms with Crippen molar-refractivity contribution in [2.75, 3.05) is 5.32 Å².